The first kappa shape index (κ1) is 23.7. The number of halogens is 4. The molecular weight excluding hydrogens is 463 g/mol. The summed E-state index contributed by atoms with van der Waals surface area (Å²) in [5.41, 5.74) is 2.10. The van der Waals surface area contributed by atoms with E-state index in [-0.39, 0.29) is 16.6 Å². The Morgan fingerprint density at radius 3 is 2.24 bits per heavy atom. The lowest BCUT2D eigenvalue weighted by Crippen LogP contribution is -2.35. The highest BCUT2D eigenvalue weighted by Gasteiger charge is 2.35. The second kappa shape index (κ2) is 9.81. The van der Waals surface area contributed by atoms with E-state index in [2.05, 4.69) is 11.1 Å². The summed E-state index contributed by atoms with van der Waals surface area (Å²) in [4.78, 5) is 19.1. The number of alkyl halides is 3. The SMILES string of the molecule is N=C(CC(=Nc1ccccc1Cl)c1ccc(C(=O)N2CCc3ccccc3C2)cc1)C(F)(F)F. The van der Waals surface area contributed by atoms with Gasteiger partial charge in [0.15, 0.2) is 0 Å². The smallest absolute Gasteiger partial charge is 0.334 e. The summed E-state index contributed by atoms with van der Waals surface area (Å²) in [5, 5.41) is 7.73. The van der Waals surface area contributed by atoms with Crippen LogP contribution in [0.3, 0.4) is 0 Å². The molecule has 1 aliphatic rings. The third-order valence-corrected chi connectivity index (χ3v) is 6.00. The van der Waals surface area contributed by atoms with E-state index in [1.54, 1.807) is 53.4 Å². The van der Waals surface area contributed by atoms with E-state index >= 15 is 0 Å². The fraction of sp³-hybridized carbons (Fsp3) is 0.192. The van der Waals surface area contributed by atoms with Crippen LogP contribution < -0.4 is 0 Å². The number of amides is 1. The van der Waals surface area contributed by atoms with Crippen LogP contribution in [-0.2, 0) is 13.0 Å². The zero-order valence-corrected chi connectivity index (χ0v) is 18.8. The summed E-state index contributed by atoms with van der Waals surface area (Å²) >= 11 is 6.14. The van der Waals surface area contributed by atoms with E-state index in [1.165, 1.54) is 5.56 Å². The zero-order chi connectivity index (χ0) is 24.3. The van der Waals surface area contributed by atoms with Crippen LogP contribution in [0.15, 0.2) is 77.8 Å². The molecule has 0 radical (unpaired) electrons. The quantitative estimate of drug-likeness (QED) is 0.407. The Labute approximate surface area is 200 Å². The van der Waals surface area contributed by atoms with E-state index in [1.807, 2.05) is 18.2 Å². The maximum atomic E-state index is 13.1. The average Bonchev–Trinajstić information content (AvgIpc) is 2.83. The molecule has 8 heteroatoms. The third-order valence-electron chi connectivity index (χ3n) is 5.68. The Morgan fingerprint density at radius 1 is 0.941 bits per heavy atom. The Morgan fingerprint density at radius 2 is 1.56 bits per heavy atom. The fourth-order valence-corrected chi connectivity index (χ4v) is 4.00. The van der Waals surface area contributed by atoms with E-state index in [4.69, 9.17) is 17.0 Å². The van der Waals surface area contributed by atoms with E-state index in [0.29, 0.717) is 29.9 Å². The van der Waals surface area contributed by atoms with Crippen molar-refractivity contribution in [2.24, 2.45) is 4.99 Å². The van der Waals surface area contributed by atoms with Gasteiger partial charge < -0.3 is 10.3 Å². The van der Waals surface area contributed by atoms with Crippen molar-refractivity contribution in [2.75, 3.05) is 6.54 Å². The van der Waals surface area contributed by atoms with Crippen LogP contribution >= 0.6 is 11.6 Å². The summed E-state index contributed by atoms with van der Waals surface area (Å²) in [7, 11) is 0. The average molecular weight is 484 g/mol. The van der Waals surface area contributed by atoms with Crippen LogP contribution in [-0.4, -0.2) is 35.0 Å². The first-order chi connectivity index (χ1) is 16.2. The number of hydrogen-bond donors (Lipinski definition) is 1. The Bertz CT molecular complexity index is 1250. The van der Waals surface area contributed by atoms with E-state index in [0.717, 1.165) is 12.0 Å². The van der Waals surface area contributed by atoms with Gasteiger partial charge in [0.25, 0.3) is 5.91 Å². The molecule has 0 atom stereocenters. The predicted molar refractivity (Wildman–Crippen MR) is 127 cm³/mol. The Balaban J connectivity index is 1.59. The first-order valence-electron chi connectivity index (χ1n) is 10.7. The first-order valence-corrected chi connectivity index (χ1v) is 11.0. The fourth-order valence-electron chi connectivity index (χ4n) is 3.82. The van der Waals surface area contributed by atoms with E-state index < -0.39 is 18.3 Å². The van der Waals surface area contributed by atoms with E-state index in [9.17, 15) is 18.0 Å². The molecule has 0 aromatic heterocycles. The van der Waals surface area contributed by atoms with Gasteiger partial charge in [-0.05, 0) is 47.4 Å². The largest absolute Gasteiger partial charge is 0.429 e. The lowest BCUT2D eigenvalue weighted by atomic mass is 9.98. The maximum Gasteiger partial charge on any atom is 0.429 e. The van der Waals surface area contributed by atoms with Crippen molar-refractivity contribution in [1.82, 2.24) is 4.90 Å². The van der Waals surface area contributed by atoms with Gasteiger partial charge in [-0.15, -0.1) is 0 Å². The summed E-state index contributed by atoms with van der Waals surface area (Å²) < 4.78 is 39.2. The molecule has 3 aromatic carbocycles. The van der Waals surface area contributed by atoms with Crippen molar-refractivity contribution in [2.45, 2.75) is 25.6 Å². The van der Waals surface area contributed by atoms with Crippen molar-refractivity contribution < 1.29 is 18.0 Å². The number of para-hydroxylation sites is 1. The maximum absolute atomic E-state index is 13.1. The molecule has 1 aliphatic heterocycles. The topological polar surface area (TPSA) is 56.5 Å². The molecule has 4 rings (SSSR count). The third kappa shape index (κ3) is 5.37. The van der Waals surface area contributed by atoms with Crippen LogP contribution in [0.2, 0.25) is 5.02 Å². The number of fused-ring (bicyclic) bond motifs is 1. The van der Waals surface area contributed by atoms with Crippen LogP contribution in [0.1, 0.15) is 33.5 Å². The van der Waals surface area contributed by atoms with Crippen molar-refractivity contribution in [3.63, 3.8) is 0 Å². The lowest BCUT2D eigenvalue weighted by Gasteiger charge is -2.29. The van der Waals surface area contributed by atoms with Gasteiger partial charge in [-0.2, -0.15) is 13.2 Å². The minimum atomic E-state index is -4.76. The number of rotatable bonds is 5. The van der Waals surface area contributed by atoms with Crippen LogP contribution in [0.5, 0.6) is 0 Å². The summed E-state index contributed by atoms with van der Waals surface area (Å²) in [5.74, 6) is -0.145. The molecule has 174 valence electrons. The Kier molecular flexibility index (Phi) is 6.84. The summed E-state index contributed by atoms with van der Waals surface area (Å²) in [6, 6.07) is 20.8. The summed E-state index contributed by atoms with van der Waals surface area (Å²) in [6.45, 7) is 1.11. The van der Waals surface area contributed by atoms with Gasteiger partial charge in [-0.1, -0.05) is 60.1 Å². The molecule has 4 nitrogen and oxygen atoms in total. The monoisotopic (exact) mass is 483 g/mol. The van der Waals surface area contributed by atoms with Gasteiger partial charge in [0, 0.05) is 25.1 Å². The minimum Gasteiger partial charge on any atom is -0.334 e. The van der Waals surface area contributed by atoms with Gasteiger partial charge >= 0.3 is 6.18 Å². The molecule has 0 aliphatic carbocycles. The van der Waals surface area contributed by atoms with Crippen LogP contribution in [0.4, 0.5) is 18.9 Å². The van der Waals surface area contributed by atoms with Gasteiger partial charge in [0.2, 0.25) is 0 Å². The Hall–Kier alpha value is -3.45. The second-order valence-corrected chi connectivity index (χ2v) is 8.39. The highest BCUT2D eigenvalue weighted by Crippen LogP contribution is 2.27. The number of carbonyl (C=O) groups excluding carboxylic acids is 1. The number of aliphatic imine (C=N–C) groups is 1. The normalized spacial score (nSPS) is 14.0. The molecule has 1 N–H and O–H groups in total. The molecule has 0 unspecified atom stereocenters. The number of benzene rings is 3. The highest BCUT2D eigenvalue weighted by molar-refractivity contribution is 6.33. The van der Waals surface area contributed by atoms with Crippen molar-refractivity contribution in [1.29, 1.82) is 5.41 Å². The van der Waals surface area contributed by atoms with Crippen molar-refractivity contribution >= 4 is 34.6 Å². The summed E-state index contributed by atoms with van der Waals surface area (Å²) in [6.07, 6.45) is -4.71. The van der Waals surface area contributed by atoms with Gasteiger partial charge in [-0.25, -0.2) is 0 Å². The number of hydrogen-bond acceptors (Lipinski definition) is 3. The standard InChI is InChI=1S/C26H21ClF3N3O/c27-21-7-3-4-8-22(21)32-23(15-24(31)26(28,29)30)18-9-11-19(12-10-18)25(34)33-14-13-17-5-1-2-6-20(17)16-33/h1-12,31H,13-16H2. The number of nitrogens with one attached hydrogen (secondary N) is 1. The molecule has 0 bridgehead atoms. The van der Waals surface area contributed by atoms with Crippen molar-refractivity contribution in [3.8, 4) is 0 Å². The molecule has 34 heavy (non-hydrogen) atoms. The van der Waals surface area contributed by atoms with Crippen LogP contribution in [0.25, 0.3) is 0 Å². The molecule has 0 saturated carbocycles. The second-order valence-electron chi connectivity index (χ2n) is 7.99. The molecule has 0 fully saturated rings. The molecule has 1 amide bonds. The minimum absolute atomic E-state index is 0.0429. The van der Waals surface area contributed by atoms with Gasteiger partial charge in [0.05, 0.1) is 16.4 Å². The molecule has 3 aromatic rings. The van der Waals surface area contributed by atoms with Gasteiger partial charge in [-0.3, -0.25) is 9.79 Å². The molecular formula is C26H21ClF3N3O. The number of nitrogens with zero attached hydrogens (tertiary/aromatic N) is 2. The van der Waals surface area contributed by atoms with Gasteiger partial charge in [0.1, 0.15) is 5.71 Å². The molecule has 0 spiro atoms. The molecule has 1 heterocycles. The zero-order valence-electron chi connectivity index (χ0n) is 18.1. The van der Waals surface area contributed by atoms with Crippen molar-refractivity contribution in [3.05, 3.63) is 100 Å². The number of carbonyl (C=O) groups is 1. The predicted octanol–water partition coefficient (Wildman–Crippen LogP) is 6.63. The van der Waals surface area contributed by atoms with Crippen LogP contribution in [0, 0.1) is 5.41 Å². The highest BCUT2D eigenvalue weighted by atomic mass is 35.5. The molecule has 0 saturated heterocycles. The lowest BCUT2D eigenvalue weighted by molar-refractivity contribution is -0.0605.